The zero-order valence-corrected chi connectivity index (χ0v) is 14.9. The fraction of sp³-hybridized carbons (Fsp3) is 0.368. The zero-order valence-electron chi connectivity index (χ0n) is 14.9. The van der Waals surface area contributed by atoms with Gasteiger partial charge in [0.15, 0.2) is 0 Å². The van der Waals surface area contributed by atoms with Gasteiger partial charge < -0.3 is 9.88 Å². The summed E-state index contributed by atoms with van der Waals surface area (Å²) in [5.41, 5.74) is 3.24. The van der Waals surface area contributed by atoms with Crippen LogP contribution in [0.2, 0.25) is 0 Å². The minimum Gasteiger partial charge on any atom is -0.342 e. The Bertz CT molecular complexity index is 1040. The van der Waals surface area contributed by atoms with Crippen molar-refractivity contribution in [2.45, 2.75) is 25.7 Å². The number of amides is 1. The summed E-state index contributed by atoms with van der Waals surface area (Å²) >= 11 is 0. The average molecular weight is 351 g/mol. The van der Waals surface area contributed by atoms with E-state index in [9.17, 15) is 9.59 Å². The molecule has 0 aliphatic carbocycles. The van der Waals surface area contributed by atoms with Crippen molar-refractivity contribution in [1.29, 1.82) is 0 Å². The highest BCUT2D eigenvalue weighted by atomic mass is 16.2. The monoisotopic (exact) mass is 351 g/mol. The van der Waals surface area contributed by atoms with Crippen LogP contribution in [0.25, 0.3) is 11.0 Å². The smallest absolute Gasteiger partial charge is 0.274 e. The van der Waals surface area contributed by atoms with E-state index in [1.165, 1.54) is 16.8 Å². The van der Waals surface area contributed by atoms with E-state index in [1.54, 1.807) is 11.9 Å². The zero-order chi connectivity index (χ0) is 18.3. The van der Waals surface area contributed by atoms with Gasteiger partial charge in [-0.3, -0.25) is 9.59 Å². The van der Waals surface area contributed by atoms with Crippen LogP contribution in [0.3, 0.4) is 0 Å². The maximum Gasteiger partial charge on any atom is 0.274 e. The molecule has 3 heterocycles. The lowest BCUT2D eigenvalue weighted by Crippen LogP contribution is -2.40. The molecule has 0 bridgehead atoms. The van der Waals surface area contributed by atoms with E-state index in [4.69, 9.17) is 4.98 Å². The van der Waals surface area contributed by atoms with E-state index in [1.807, 2.05) is 12.1 Å². The van der Waals surface area contributed by atoms with E-state index in [0.29, 0.717) is 18.8 Å². The first-order chi connectivity index (χ1) is 12.5. The number of aryl methyl sites for hydroxylation is 2. The number of para-hydroxylation sites is 1. The number of aromatic amines is 1. The number of rotatable bonds is 2. The third kappa shape index (κ3) is 2.89. The van der Waals surface area contributed by atoms with Gasteiger partial charge in [-0.2, -0.15) is 5.10 Å². The van der Waals surface area contributed by atoms with Crippen molar-refractivity contribution in [3.05, 3.63) is 57.8 Å². The van der Waals surface area contributed by atoms with E-state index in [0.717, 1.165) is 35.3 Å². The molecule has 2 aromatic heterocycles. The summed E-state index contributed by atoms with van der Waals surface area (Å²) < 4.78 is 1.19. The number of nitrogens with one attached hydrogen (secondary N) is 1. The molecule has 1 fully saturated rings. The number of H-pyrrole nitrogens is 1. The summed E-state index contributed by atoms with van der Waals surface area (Å²) in [7, 11) is 1.55. The first-order valence-corrected chi connectivity index (χ1v) is 8.82. The molecule has 0 unspecified atom stereocenters. The second-order valence-corrected chi connectivity index (χ2v) is 6.86. The largest absolute Gasteiger partial charge is 0.342 e. The lowest BCUT2D eigenvalue weighted by atomic mass is 9.97. The van der Waals surface area contributed by atoms with Crippen LogP contribution in [0.1, 0.15) is 40.6 Å². The van der Waals surface area contributed by atoms with Gasteiger partial charge in [0, 0.05) is 32.1 Å². The number of imidazole rings is 1. The molecule has 1 aliphatic rings. The molecule has 1 N–H and O–H groups in total. The van der Waals surface area contributed by atoms with Crippen LogP contribution in [0, 0.1) is 6.92 Å². The van der Waals surface area contributed by atoms with E-state index >= 15 is 0 Å². The first-order valence-electron chi connectivity index (χ1n) is 8.82. The second kappa shape index (κ2) is 6.40. The summed E-state index contributed by atoms with van der Waals surface area (Å²) in [5.74, 6) is 0.963. The highest BCUT2D eigenvalue weighted by molar-refractivity contribution is 5.92. The molecule has 1 saturated heterocycles. The lowest BCUT2D eigenvalue weighted by molar-refractivity contribution is 0.0696. The molecule has 1 atom stereocenters. The van der Waals surface area contributed by atoms with Crippen molar-refractivity contribution in [3.63, 3.8) is 0 Å². The third-order valence-corrected chi connectivity index (χ3v) is 5.01. The third-order valence-electron chi connectivity index (χ3n) is 5.01. The molecule has 0 radical (unpaired) electrons. The summed E-state index contributed by atoms with van der Waals surface area (Å²) in [5, 5.41) is 4.08. The quantitative estimate of drug-likeness (QED) is 0.765. The van der Waals surface area contributed by atoms with Gasteiger partial charge in [0.05, 0.1) is 11.0 Å². The molecule has 3 aromatic rings. The van der Waals surface area contributed by atoms with Gasteiger partial charge in [0.1, 0.15) is 11.5 Å². The predicted molar refractivity (Wildman–Crippen MR) is 98.2 cm³/mol. The standard InChI is InChI=1S/C19H21N5O2/c1-12-5-3-7-14-17(12)21-18(20-14)13-6-4-10-24(11-13)19(26)15-8-9-16(25)23(2)22-15/h3,5,7-9,13H,4,6,10-11H2,1-2H3,(H,20,21)/t13-/m1/s1. The molecule has 1 amide bonds. The van der Waals surface area contributed by atoms with Gasteiger partial charge >= 0.3 is 0 Å². The molecular weight excluding hydrogens is 330 g/mol. The van der Waals surface area contributed by atoms with E-state index in [-0.39, 0.29) is 17.4 Å². The summed E-state index contributed by atoms with van der Waals surface area (Å²) in [6, 6.07) is 8.97. The highest BCUT2D eigenvalue weighted by Gasteiger charge is 2.28. The second-order valence-electron chi connectivity index (χ2n) is 6.86. The molecule has 4 rings (SSSR count). The minimum atomic E-state index is -0.226. The van der Waals surface area contributed by atoms with E-state index in [2.05, 4.69) is 23.1 Å². The number of hydrogen-bond donors (Lipinski definition) is 1. The Balaban J connectivity index is 1.58. The summed E-state index contributed by atoms with van der Waals surface area (Å²) in [6.07, 6.45) is 1.90. The van der Waals surface area contributed by atoms with Crippen LogP contribution in [-0.4, -0.2) is 43.6 Å². The van der Waals surface area contributed by atoms with Crippen LogP contribution < -0.4 is 5.56 Å². The number of benzene rings is 1. The maximum atomic E-state index is 12.8. The Hall–Kier alpha value is -2.96. The fourth-order valence-corrected chi connectivity index (χ4v) is 3.55. The van der Waals surface area contributed by atoms with Crippen LogP contribution in [0.4, 0.5) is 0 Å². The Kier molecular flexibility index (Phi) is 4.06. The Morgan fingerprint density at radius 2 is 2.12 bits per heavy atom. The molecular formula is C19H21N5O2. The summed E-state index contributed by atoms with van der Waals surface area (Å²) in [6.45, 7) is 3.34. The molecule has 0 spiro atoms. The van der Waals surface area contributed by atoms with Gasteiger partial charge in [-0.1, -0.05) is 12.1 Å². The lowest BCUT2D eigenvalue weighted by Gasteiger charge is -2.31. The number of carbonyl (C=O) groups is 1. The molecule has 7 nitrogen and oxygen atoms in total. The predicted octanol–water partition coefficient (Wildman–Crippen LogP) is 1.98. The number of nitrogens with zero attached hydrogens (tertiary/aromatic N) is 4. The van der Waals surface area contributed by atoms with Gasteiger partial charge in [-0.25, -0.2) is 9.67 Å². The first kappa shape index (κ1) is 16.5. The van der Waals surface area contributed by atoms with Crippen molar-refractivity contribution < 1.29 is 4.79 Å². The van der Waals surface area contributed by atoms with Gasteiger partial charge in [0.2, 0.25) is 0 Å². The Morgan fingerprint density at radius 1 is 1.27 bits per heavy atom. The number of aromatic nitrogens is 4. The van der Waals surface area contributed by atoms with Crippen LogP contribution in [-0.2, 0) is 7.05 Å². The van der Waals surface area contributed by atoms with Crippen molar-refractivity contribution in [2.24, 2.45) is 7.05 Å². The van der Waals surface area contributed by atoms with Crippen molar-refractivity contribution >= 4 is 16.9 Å². The maximum absolute atomic E-state index is 12.8. The number of hydrogen-bond acceptors (Lipinski definition) is 4. The molecule has 134 valence electrons. The molecule has 7 heteroatoms. The molecule has 26 heavy (non-hydrogen) atoms. The van der Waals surface area contributed by atoms with Crippen molar-refractivity contribution in [2.75, 3.05) is 13.1 Å². The minimum absolute atomic E-state index is 0.141. The van der Waals surface area contributed by atoms with Gasteiger partial charge in [-0.05, 0) is 37.5 Å². The molecule has 1 aromatic carbocycles. The molecule has 0 saturated carbocycles. The topological polar surface area (TPSA) is 83.9 Å². The van der Waals surface area contributed by atoms with Crippen molar-refractivity contribution in [3.8, 4) is 0 Å². The van der Waals surface area contributed by atoms with Crippen LogP contribution >= 0.6 is 0 Å². The SMILES string of the molecule is Cc1cccc2[nH]c([C@@H]3CCCN(C(=O)c4ccc(=O)n(C)n4)C3)nc12. The number of piperidine rings is 1. The van der Waals surface area contributed by atoms with Crippen molar-refractivity contribution in [1.82, 2.24) is 24.6 Å². The van der Waals surface area contributed by atoms with Gasteiger partial charge in [-0.15, -0.1) is 0 Å². The highest BCUT2D eigenvalue weighted by Crippen LogP contribution is 2.28. The Morgan fingerprint density at radius 3 is 2.88 bits per heavy atom. The molecule has 1 aliphatic heterocycles. The number of carbonyl (C=O) groups excluding carboxylic acids is 1. The summed E-state index contributed by atoms with van der Waals surface area (Å²) in [4.78, 5) is 34.3. The van der Waals surface area contributed by atoms with Gasteiger partial charge in [0.25, 0.3) is 11.5 Å². The van der Waals surface area contributed by atoms with E-state index < -0.39 is 0 Å². The number of fused-ring (bicyclic) bond motifs is 1. The van der Waals surface area contributed by atoms with Crippen LogP contribution in [0.5, 0.6) is 0 Å². The number of likely N-dealkylation sites (tertiary alicyclic amines) is 1. The normalized spacial score (nSPS) is 17.6. The fourth-order valence-electron chi connectivity index (χ4n) is 3.55. The average Bonchev–Trinajstić information content (AvgIpc) is 3.09. The Labute approximate surface area is 150 Å². The van der Waals surface area contributed by atoms with Crippen LogP contribution in [0.15, 0.2) is 35.1 Å².